The van der Waals surface area contributed by atoms with Crippen LogP contribution < -0.4 is 0 Å². The Balaban J connectivity index is 1.15. The molecule has 2 heterocycles. The summed E-state index contributed by atoms with van der Waals surface area (Å²) < 4.78 is 9.38. The third-order valence-electron chi connectivity index (χ3n) is 11.9. The molecule has 0 bridgehead atoms. The van der Waals surface area contributed by atoms with Crippen molar-refractivity contribution in [2.24, 2.45) is 0 Å². The number of rotatable bonds is 2. The normalized spacial score (nSPS) is 13.8. The number of hydrogen-bond donors (Lipinski definition) is 0. The highest BCUT2D eigenvalue weighted by Gasteiger charge is 2.41. The molecule has 0 atom stereocenters. The van der Waals surface area contributed by atoms with Gasteiger partial charge in [-0.05, 0) is 85.1 Å². The van der Waals surface area contributed by atoms with Crippen molar-refractivity contribution in [1.82, 2.24) is 4.57 Å². The Labute approximate surface area is 294 Å². The summed E-state index contributed by atoms with van der Waals surface area (Å²) in [4.78, 5) is 0. The molecule has 0 aliphatic heterocycles. The van der Waals surface area contributed by atoms with E-state index in [-0.39, 0.29) is 5.41 Å². The summed E-state index contributed by atoms with van der Waals surface area (Å²) in [5.74, 6) is 0. The van der Waals surface area contributed by atoms with Gasteiger partial charge in [-0.2, -0.15) is 0 Å². The van der Waals surface area contributed by atoms with Crippen LogP contribution in [0.15, 0.2) is 156 Å². The van der Waals surface area contributed by atoms with Crippen LogP contribution in [0.2, 0.25) is 0 Å². The second-order valence-corrected chi connectivity index (χ2v) is 14.8. The molecule has 0 radical (unpaired) electrons. The fourth-order valence-electron chi connectivity index (χ4n) is 9.81. The minimum atomic E-state index is -0.203. The second-order valence-electron chi connectivity index (χ2n) is 14.8. The van der Waals surface area contributed by atoms with E-state index >= 15 is 0 Å². The topological polar surface area (TPSA) is 18.1 Å². The quantitative estimate of drug-likeness (QED) is 0.182. The Morgan fingerprint density at radius 1 is 0.471 bits per heavy atom. The highest BCUT2D eigenvalue weighted by molar-refractivity contribution is 6.30. The molecule has 8 aromatic carbocycles. The first-order chi connectivity index (χ1) is 25.1. The van der Waals surface area contributed by atoms with Gasteiger partial charge in [0.15, 0.2) is 0 Å². The van der Waals surface area contributed by atoms with Crippen molar-refractivity contribution in [3.8, 4) is 50.2 Å². The standard InChI is InChI=1S/C49H31NO/c1-49(2)39-19-8-5-14-36(39)44-46(49)43-37-15-6-9-20-40(37)50(47(43)45-38-16-7-10-21-41(38)51-48(44)45)29-24-22-28(23-25-29)30-26-27-35-32-13-4-3-12-31(32)34-18-11-17-33(30)42(34)35/h3-27H,1-2H3. The van der Waals surface area contributed by atoms with Gasteiger partial charge in [-0.3, -0.25) is 0 Å². The van der Waals surface area contributed by atoms with Crippen molar-refractivity contribution in [2.75, 3.05) is 0 Å². The van der Waals surface area contributed by atoms with Gasteiger partial charge in [-0.15, -0.1) is 0 Å². The predicted octanol–water partition coefficient (Wildman–Crippen LogP) is 13.5. The van der Waals surface area contributed by atoms with E-state index in [9.17, 15) is 0 Å². The maximum Gasteiger partial charge on any atom is 0.145 e. The minimum Gasteiger partial charge on any atom is -0.455 e. The zero-order valence-corrected chi connectivity index (χ0v) is 28.3. The molecule has 0 N–H and O–H groups in total. The molecule has 0 fully saturated rings. The van der Waals surface area contributed by atoms with Gasteiger partial charge >= 0.3 is 0 Å². The number of hydrogen-bond acceptors (Lipinski definition) is 1. The largest absolute Gasteiger partial charge is 0.455 e. The first-order valence-electron chi connectivity index (χ1n) is 17.9. The summed E-state index contributed by atoms with van der Waals surface area (Å²) in [6, 6.07) is 55.8. The Bertz CT molecular complexity index is 3120. The molecule has 0 saturated carbocycles. The van der Waals surface area contributed by atoms with Crippen LogP contribution in [0.5, 0.6) is 0 Å². The van der Waals surface area contributed by atoms with E-state index in [1.54, 1.807) is 0 Å². The monoisotopic (exact) mass is 649 g/mol. The van der Waals surface area contributed by atoms with Crippen molar-refractivity contribution in [3.05, 3.63) is 163 Å². The summed E-state index contributed by atoms with van der Waals surface area (Å²) in [7, 11) is 0. The van der Waals surface area contributed by atoms with Crippen LogP contribution in [0.3, 0.4) is 0 Å². The van der Waals surface area contributed by atoms with E-state index < -0.39 is 0 Å². The Kier molecular flexibility index (Phi) is 5.08. The van der Waals surface area contributed by atoms with Gasteiger partial charge in [-0.25, -0.2) is 0 Å². The van der Waals surface area contributed by atoms with Gasteiger partial charge < -0.3 is 8.98 Å². The third-order valence-corrected chi connectivity index (χ3v) is 11.9. The smallest absolute Gasteiger partial charge is 0.145 e. The molecule has 2 heteroatoms. The van der Waals surface area contributed by atoms with Crippen LogP contribution >= 0.6 is 0 Å². The van der Waals surface area contributed by atoms with Crippen molar-refractivity contribution >= 4 is 54.5 Å². The lowest BCUT2D eigenvalue weighted by Crippen LogP contribution is -2.15. The second kappa shape index (κ2) is 9.44. The van der Waals surface area contributed by atoms with Crippen LogP contribution in [0.4, 0.5) is 0 Å². The van der Waals surface area contributed by atoms with E-state index in [1.165, 1.54) is 93.6 Å². The molecule has 0 amide bonds. The van der Waals surface area contributed by atoms with Crippen molar-refractivity contribution in [3.63, 3.8) is 0 Å². The lowest BCUT2D eigenvalue weighted by Gasteiger charge is -2.23. The van der Waals surface area contributed by atoms with Crippen LogP contribution in [-0.4, -0.2) is 4.57 Å². The molecule has 12 rings (SSSR count). The van der Waals surface area contributed by atoms with E-state index in [4.69, 9.17) is 4.42 Å². The first kappa shape index (κ1) is 27.4. The van der Waals surface area contributed by atoms with E-state index in [1.807, 2.05) is 0 Å². The maximum absolute atomic E-state index is 6.89. The van der Waals surface area contributed by atoms with Crippen molar-refractivity contribution < 1.29 is 4.42 Å². The Hall–Kier alpha value is -6.38. The van der Waals surface area contributed by atoms with Crippen LogP contribution in [0, 0.1) is 0 Å². The van der Waals surface area contributed by atoms with Gasteiger partial charge in [0.05, 0.1) is 16.4 Å². The fraction of sp³-hybridized carbons (Fsp3) is 0.0612. The molecule has 2 aromatic heterocycles. The average Bonchev–Trinajstić information content (AvgIpc) is 3.89. The van der Waals surface area contributed by atoms with Gasteiger partial charge in [0.2, 0.25) is 0 Å². The Morgan fingerprint density at radius 2 is 1.10 bits per heavy atom. The maximum atomic E-state index is 6.89. The number of fused-ring (bicyclic) bond motifs is 15. The summed E-state index contributed by atoms with van der Waals surface area (Å²) in [6.45, 7) is 4.76. The molecule has 0 spiro atoms. The molecule has 2 aliphatic carbocycles. The highest BCUT2D eigenvalue weighted by Crippen LogP contribution is 2.58. The van der Waals surface area contributed by atoms with Crippen LogP contribution in [0.1, 0.15) is 25.0 Å². The van der Waals surface area contributed by atoms with E-state index in [0.29, 0.717) is 0 Å². The number of benzene rings is 8. The minimum absolute atomic E-state index is 0.203. The lowest BCUT2D eigenvalue weighted by atomic mass is 9.80. The lowest BCUT2D eigenvalue weighted by molar-refractivity contribution is 0.658. The van der Waals surface area contributed by atoms with Crippen LogP contribution in [0.25, 0.3) is 105 Å². The molecule has 238 valence electrons. The SMILES string of the molecule is CC1(C)c2ccccc2-c2c1c1c3ccccc3n(-c3ccc(-c4ccc5c6c(cccc46)-c4ccccc4-5)cc3)c1c1c2oc2ccccc21. The molecular weight excluding hydrogens is 619 g/mol. The number of aromatic nitrogens is 1. The zero-order chi connectivity index (χ0) is 33.6. The number of furan rings is 1. The van der Waals surface area contributed by atoms with Crippen molar-refractivity contribution in [2.45, 2.75) is 19.3 Å². The van der Waals surface area contributed by atoms with E-state index in [2.05, 4.69) is 170 Å². The van der Waals surface area contributed by atoms with Gasteiger partial charge in [-0.1, -0.05) is 141 Å². The van der Waals surface area contributed by atoms with Crippen molar-refractivity contribution in [1.29, 1.82) is 0 Å². The molecule has 0 unspecified atom stereocenters. The molecule has 51 heavy (non-hydrogen) atoms. The fourth-order valence-corrected chi connectivity index (χ4v) is 9.81. The number of nitrogens with zero attached hydrogens (tertiary/aromatic N) is 1. The molecule has 2 aliphatic rings. The summed E-state index contributed by atoms with van der Waals surface area (Å²) in [6.07, 6.45) is 0. The summed E-state index contributed by atoms with van der Waals surface area (Å²) in [5, 5.41) is 7.57. The summed E-state index contributed by atoms with van der Waals surface area (Å²) in [5.41, 5.74) is 18.3. The van der Waals surface area contributed by atoms with E-state index in [0.717, 1.165) is 22.2 Å². The average molecular weight is 650 g/mol. The number of para-hydroxylation sites is 2. The van der Waals surface area contributed by atoms with Gasteiger partial charge in [0.1, 0.15) is 11.2 Å². The predicted molar refractivity (Wildman–Crippen MR) is 213 cm³/mol. The molecular formula is C49H31NO. The third kappa shape index (κ3) is 3.33. The Morgan fingerprint density at radius 3 is 1.92 bits per heavy atom. The zero-order valence-electron chi connectivity index (χ0n) is 28.3. The molecule has 10 aromatic rings. The molecule has 2 nitrogen and oxygen atoms in total. The summed E-state index contributed by atoms with van der Waals surface area (Å²) >= 11 is 0. The van der Waals surface area contributed by atoms with Gasteiger partial charge in [0, 0.05) is 32.8 Å². The molecule has 0 saturated heterocycles. The van der Waals surface area contributed by atoms with Crippen LogP contribution in [-0.2, 0) is 5.41 Å². The van der Waals surface area contributed by atoms with Gasteiger partial charge in [0.25, 0.3) is 0 Å². The highest BCUT2D eigenvalue weighted by atomic mass is 16.3. The first-order valence-corrected chi connectivity index (χ1v) is 17.9.